The molecule has 0 aliphatic carbocycles. The second-order valence-electron chi connectivity index (χ2n) is 7.23. The predicted octanol–water partition coefficient (Wildman–Crippen LogP) is 5.33. The predicted molar refractivity (Wildman–Crippen MR) is 130 cm³/mol. The van der Waals surface area contributed by atoms with E-state index in [1.165, 1.54) is 21.5 Å². The first-order chi connectivity index (χ1) is 14.7. The van der Waals surface area contributed by atoms with Crippen molar-refractivity contribution in [1.82, 2.24) is 4.98 Å². The minimum absolute atomic E-state index is 0.0129. The van der Waals surface area contributed by atoms with Gasteiger partial charge in [-0.15, -0.1) is 0 Å². The summed E-state index contributed by atoms with van der Waals surface area (Å²) in [5.41, 5.74) is 3.36. The summed E-state index contributed by atoms with van der Waals surface area (Å²) >= 11 is 0. The number of hydrogen-bond acceptors (Lipinski definition) is 2. The molecule has 3 heteroatoms. The SMILES string of the molecule is Cc1cccnc1C(C)/N=C/c1ccccc1P(c1ccccc1)c1ccccc1. The maximum atomic E-state index is 4.88. The number of aryl methyl sites for hydroxylation is 1. The summed E-state index contributed by atoms with van der Waals surface area (Å²) in [6.45, 7) is 4.19. The number of pyridine rings is 1. The lowest BCUT2D eigenvalue weighted by atomic mass is 10.1. The van der Waals surface area contributed by atoms with Crippen LogP contribution in [-0.2, 0) is 0 Å². The van der Waals surface area contributed by atoms with Gasteiger partial charge in [0, 0.05) is 18.0 Å². The highest BCUT2D eigenvalue weighted by Crippen LogP contribution is 2.33. The molecule has 1 unspecified atom stereocenters. The quantitative estimate of drug-likeness (QED) is 0.313. The Morgan fingerprint density at radius 1 is 0.767 bits per heavy atom. The number of aromatic nitrogens is 1. The zero-order valence-electron chi connectivity index (χ0n) is 17.3. The van der Waals surface area contributed by atoms with E-state index in [4.69, 9.17) is 4.99 Å². The minimum Gasteiger partial charge on any atom is -0.283 e. The average molecular weight is 408 g/mol. The van der Waals surface area contributed by atoms with E-state index in [2.05, 4.69) is 110 Å². The van der Waals surface area contributed by atoms with Crippen LogP contribution < -0.4 is 15.9 Å². The molecule has 0 aliphatic heterocycles. The summed E-state index contributed by atoms with van der Waals surface area (Å²) in [6.07, 6.45) is 3.86. The van der Waals surface area contributed by atoms with E-state index in [1.807, 2.05) is 18.5 Å². The van der Waals surface area contributed by atoms with E-state index >= 15 is 0 Å². The van der Waals surface area contributed by atoms with Gasteiger partial charge in [0.05, 0.1) is 11.7 Å². The Balaban J connectivity index is 1.75. The summed E-state index contributed by atoms with van der Waals surface area (Å²) in [4.78, 5) is 9.41. The molecule has 148 valence electrons. The van der Waals surface area contributed by atoms with Gasteiger partial charge in [-0.1, -0.05) is 91.0 Å². The first kappa shape index (κ1) is 20.2. The van der Waals surface area contributed by atoms with Crippen molar-refractivity contribution in [3.05, 3.63) is 120 Å². The molecule has 1 aromatic heterocycles. The zero-order valence-corrected chi connectivity index (χ0v) is 18.2. The van der Waals surface area contributed by atoms with Crippen LogP contribution in [0.3, 0.4) is 0 Å². The molecule has 0 aliphatic rings. The molecule has 2 nitrogen and oxygen atoms in total. The van der Waals surface area contributed by atoms with Crippen LogP contribution in [-0.4, -0.2) is 11.2 Å². The Hall–Kier alpha value is -3.09. The van der Waals surface area contributed by atoms with Crippen molar-refractivity contribution < 1.29 is 0 Å². The van der Waals surface area contributed by atoms with Crippen LogP contribution in [0.2, 0.25) is 0 Å². The van der Waals surface area contributed by atoms with Crippen molar-refractivity contribution in [3.63, 3.8) is 0 Å². The fourth-order valence-electron chi connectivity index (χ4n) is 3.58. The van der Waals surface area contributed by atoms with Crippen molar-refractivity contribution in [2.45, 2.75) is 19.9 Å². The normalized spacial score (nSPS) is 12.4. The van der Waals surface area contributed by atoms with Gasteiger partial charge >= 0.3 is 0 Å². The molecule has 3 aromatic carbocycles. The fourth-order valence-corrected chi connectivity index (χ4v) is 6.00. The van der Waals surface area contributed by atoms with Crippen LogP contribution in [0.5, 0.6) is 0 Å². The molecule has 0 spiro atoms. The van der Waals surface area contributed by atoms with Crippen molar-refractivity contribution >= 4 is 30.0 Å². The van der Waals surface area contributed by atoms with Crippen LogP contribution in [0, 0.1) is 6.92 Å². The van der Waals surface area contributed by atoms with Crippen molar-refractivity contribution in [2.75, 3.05) is 0 Å². The fraction of sp³-hybridized carbons (Fsp3) is 0.111. The number of rotatable bonds is 6. The van der Waals surface area contributed by atoms with Gasteiger partial charge in [-0.2, -0.15) is 0 Å². The van der Waals surface area contributed by atoms with Crippen molar-refractivity contribution in [3.8, 4) is 0 Å². The molecule has 30 heavy (non-hydrogen) atoms. The summed E-state index contributed by atoms with van der Waals surface area (Å²) in [6, 6.07) is 34.2. The molecular weight excluding hydrogens is 383 g/mol. The first-order valence-electron chi connectivity index (χ1n) is 10.2. The van der Waals surface area contributed by atoms with Crippen LogP contribution in [0.1, 0.15) is 29.8 Å². The monoisotopic (exact) mass is 408 g/mol. The molecule has 0 saturated carbocycles. The topological polar surface area (TPSA) is 25.2 Å². The van der Waals surface area contributed by atoms with Crippen LogP contribution in [0.15, 0.2) is 108 Å². The van der Waals surface area contributed by atoms with Gasteiger partial charge in [0.1, 0.15) is 0 Å². The van der Waals surface area contributed by atoms with Crippen molar-refractivity contribution in [1.29, 1.82) is 0 Å². The Labute approximate surface area is 180 Å². The second-order valence-corrected chi connectivity index (χ2v) is 9.41. The molecule has 0 fully saturated rings. The Kier molecular flexibility index (Phi) is 6.47. The number of nitrogens with zero attached hydrogens (tertiary/aromatic N) is 2. The molecule has 0 amide bonds. The van der Waals surface area contributed by atoms with Gasteiger partial charge in [-0.3, -0.25) is 9.98 Å². The maximum Gasteiger partial charge on any atom is 0.0894 e. The number of hydrogen-bond donors (Lipinski definition) is 0. The first-order valence-corrected chi connectivity index (χ1v) is 11.5. The standard InChI is InChI=1S/C27H25N2P/c1-21-12-11-19-28-27(21)22(2)29-20-23-13-9-10-18-26(23)30(24-14-5-3-6-15-24)25-16-7-4-8-17-25/h3-20,22H,1-2H3/b29-20+. The van der Waals surface area contributed by atoms with E-state index in [0.29, 0.717) is 0 Å². The van der Waals surface area contributed by atoms with E-state index in [9.17, 15) is 0 Å². The smallest absolute Gasteiger partial charge is 0.0894 e. The third-order valence-corrected chi connectivity index (χ3v) is 7.61. The van der Waals surface area contributed by atoms with Gasteiger partial charge in [0.25, 0.3) is 0 Å². The van der Waals surface area contributed by atoms with E-state index in [-0.39, 0.29) is 6.04 Å². The Morgan fingerprint density at radius 3 is 2.00 bits per heavy atom. The molecular formula is C27H25N2P. The lowest BCUT2D eigenvalue weighted by Gasteiger charge is -2.21. The van der Waals surface area contributed by atoms with Gasteiger partial charge < -0.3 is 0 Å². The minimum atomic E-state index is -0.665. The summed E-state index contributed by atoms with van der Waals surface area (Å²) in [5.74, 6) is 0. The number of aliphatic imine (C=N–C) groups is 1. The summed E-state index contributed by atoms with van der Waals surface area (Å²) in [5, 5.41) is 4.00. The Bertz CT molecular complexity index is 1080. The molecule has 4 rings (SSSR count). The van der Waals surface area contributed by atoms with Crippen LogP contribution in [0.4, 0.5) is 0 Å². The molecule has 0 bridgehead atoms. The second kappa shape index (κ2) is 9.61. The van der Waals surface area contributed by atoms with Crippen molar-refractivity contribution in [2.24, 2.45) is 4.99 Å². The third-order valence-electron chi connectivity index (χ3n) is 5.09. The average Bonchev–Trinajstić information content (AvgIpc) is 2.80. The molecule has 1 heterocycles. The third kappa shape index (κ3) is 4.56. The van der Waals surface area contributed by atoms with E-state index in [0.717, 1.165) is 11.3 Å². The van der Waals surface area contributed by atoms with Crippen LogP contribution >= 0.6 is 7.92 Å². The Morgan fingerprint density at radius 2 is 1.37 bits per heavy atom. The largest absolute Gasteiger partial charge is 0.283 e. The zero-order chi connectivity index (χ0) is 20.8. The lowest BCUT2D eigenvalue weighted by Crippen LogP contribution is -2.23. The van der Waals surface area contributed by atoms with E-state index < -0.39 is 7.92 Å². The summed E-state index contributed by atoms with van der Waals surface area (Å²) in [7, 11) is -0.665. The summed E-state index contributed by atoms with van der Waals surface area (Å²) < 4.78 is 0. The molecule has 4 aromatic rings. The molecule has 0 saturated heterocycles. The highest BCUT2D eigenvalue weighted by atomic mass is 31.1. The van der Waals surface area contributed by atoms with Gasteiger partial charge in [0.15, 0.2) is 0 Å². The van der Waals surface area contributed by atoms with Gasteiger partial charge in [-0.05, 0) is 49.3 Å². The van der Waals surface area contributed by atoms with Gasteiger partial charge in [0.2, 0.25) is 0 Å². The molecule has 0 radical (unpaired) electrons. The highest BCUT2D eigenvalue weighted by Gasteiger charge is 2.18. The molecule has 1 atom stereocenters. The maximum absolute atomic E-state index is 4.88. The lowest BCUT2D eigenvalue weighted by molar-refractivity contribution is 0.778. The molecule has 0 N–H and O–H groups in total. The van der Waals surface area contributed by atoms with Crippen LogP contribution in [0.25, 0.3) is 0 Å². The van der Waals surface area contributed by atoms with E-state index in [1.54, 1.807) is 0 Å². The number of benzene rings is 3. The van der Waals surface area contributed by atoms with Gasteiger partial charge in [-0.25, -0.2) is 0 Å². The highest BCUT2D eigenvalue weighted by molar-refractivity contribution is 7.80.